The van der Waals surface area contributed by atoms with Crippen molar-refractivity contribution in [1.29, 1.82) is 0 Å². The van der Waals surface area contributed by atoms with Crippen molar-refractivity contribution in [2.45, 2.75) is 48.8 Å². The molecule has 0 amide bonds. The molecule has 5 rings (SSSR count). The summed E-state index contributed by atoms with van der Waals surface area (Å²) in [6.45, 7) is 5.16. The summed E-state index contributed by atoms with van der Waals surface area (Å²) in [5, 5.41) is 22.0. The van der Waals surface area contributed by atoms with Gasteiger partial charge in [0.1, 0.15) is 6.10 Å². The van der Waals surface area contributed by atoms with E-state index in [2.05, 4.69) is 18.5 Å². The number of ether oxygens (including phenoxy) is 1. The maximum absolute atomic E-state index is 11.7. The highest BCUT2D eigenvalue weighted by Gasteiger charge is 2.71. The summed E-state index contributed by atoms with van der Waals surface area (Å²) in [6, 6.07) is 3.85. The van der Waals surface area contributed by atoms with Gasteiger partial charge in [0.25, 0.3) is 0 Å². The quantitative estimate of drug-likeness (QED) is 0.717. The lowest BCUT2D eigenvalue weighted by atomic mass is 9.48. The Morgan fingerprint density at radius 2 is 2.18 bits per heavy atom. The van der Waals surface area contributed by atoms with Crippen molar-refractivity contribution in [3.05, 3.63) is 35.4 Å². The molecule has 2 bridgehead atoms. The molecule has 1 aromatic carbocycles. The summed E-state index contributed by atoms with van der Waals surface area (Å²) in [5.74, 6) is 0.780. The fourth-order valence-electron chi connectivity index (χ4n) is 5.66. The molecule has 1 aromatic rings. The predicted octanol–water partition coefficient (Wildman–Crippen LogP) is 1.73. The first-order chi connectivity index (χ1) is 10.5. The van der Waals surface area contributed by atoms with E-state index in [1.165, 1.54) is 5.56 Å². The second kappa shape index (κ2) is 3.69. The van der Waals surface area contributed by atoms with Crippen molar-refractivity contribution in [3.63, 3.8) is 0 Å². The molecule has 4 aliphatic rings. The zero-order chi connectivity index (χ0) is 15.3. The third kappa shape index (κ3) is 1.14. The first-order valence-corrected chi connectivity index (χ1v) is 8.11. The summed E-state index contributed by atoms with van der Waals surface area (Å²) < 4.78 is 6.19. The van der Waals surface area contributed by atoms with Crippen LogP contribution in [0.4, 0.5) is 0 Å². The van der Waals surface area contributed by atoms with Crippen LogP contribution in [0.2, 0.25) is 0 Å². The van der Waals surface area contributed by atoms with E-state index in [0.717, 1.165) is 43.4 Å². The van der Waals surface area contributed by atoms with Crippen LogP contribution in [0, 0.1) is 0 Å². The van der Waals surface area contributed by atoms with Crippen LogP contribution in [0.3, 0.4) is 0 Å². The summed E-state index contributed by atoms with van der Waals surface area (Å²) in [7, 11) is 2.11. The van der Waals surface area contributed by atoms with E-state index < -0.39 is 11.0 Å². The van der Waals surface area contributed by atoms with Crippen molar-refractivity contribution < 1.29 is 14.9 Å². The minimum Gasteiger partial charge on any atom is -0.504 e. The van der Waals surface area contributed by atoms with Gasteiger partial charge in [-0.3, -0.25) is 0 Å². The molecule has 2 aliphatic carbocycles. The van der Waals surface area contributed by atoms with Crippen molar-refractivity contribution in [2.75, 3.05) is 13.6 Å². The van der Waals surface area contributed by atoms with E-state index in [9.17, 15) is 10.2 Å². The molecule has 1 saturated carbocycles. The number of rotatable bonds is 0. The molecule has 4 atom stereocenters. The first kappa shape index (κ1) is 13.0. The van der Waals surface area contributed by atoms with Gasteiger partial charge in [0.05, 0.1) is 11.0 Å². The fourth-order valence-corrected chi connectivity index (χ4v) is 5.66. The van der Waals surface area contributed by atoms with Crippen molar-refractivity contribution in [2.24, 2.45) is 0 Å². The second-order valence-corrected chi connectivity index (χ2v) is 7.45. The first-order valence-electron chi connectivity index (χ1n) is 8.11. The molecule has 0 aromatic heterocycles. The van der Waals surface area contributed by atoms with Gasteiger partial charge in [0.15, 0.2) is 11.5 Å². The number of phenolic OH excluding ortho intramolecular Hbond substituents is 1. The second-order valence-electron chi connectivity index (χ2n) is 7.45. The molecule has 1 saturated heterocycles. The lowest BCUT2D eigenvalue weighted by molar-refractivity contribution is -0.168. The maximum Gasteiger partial charge on any atom is 0.166 e. The molecular weight excluding hydrogens is 278 g/mol. The van der Waals surface area contributed by atoms with Gasteiger partial charge < -0.3 is 19.8 Å². The highest BCUT2D eigenvalue weighted by atomic mass is 16.5. The smallest absolute Gasteiger partial charge is 0.166 e. The molecule has 2 heterocycles. The van der Waals surface area contributed by atoms with Crippen LogP contribution in [0.25, 0.3) is 0 Å². The monoisotopic (exact) mass is 299 g/mol. The molecule has 2 fully saturated rings. The predicted molar refractivity (Wildman–Crippen MR) is 82.3 cm³/mol. The van der Waals surface area contributed by atoms with Gasteiger partial charge in [-0.25, -0.2) is 0 Å². The van der Waals surface area contributed by atoms with E-state index in [-0.39, 0.29) is 17.9 Å². The SMILES string of the molecule is C=C1CC[C@@]2(O)[C@H]3Cc4ccc(O)c5c4[C@@]2(CCN3C)C1O5. The maximum atomic E-state index is 11.7. The summed E-state index contributed by atoms with van der Waals surface area (Å²) in [6.07, 6.45) is 2.99. The minimum atomic E-state index is -0.794. The van der Waals surface area contributed by atoms with Crippen LogP contribution in [0.1, 0.15) is 30.4 Å². The molecule has 1 unspecified atom stereocenters. The Bertz CT molecular complexity index is 715. The average Bonchev–Trinajstić information content (AvgIpc) is 2.85. The Morgan fingerprint density at radius 1 is 1.36 bits per heavy atom. The summed E-state index contributed by atoms with van der Waals surface area (Å²) >= 11 is 0. The van der Waals surface area contributed by atoms with E-state index in [0.29, 0.717) is 5.75 Å². The Kier molecular flexibility index (Phi) is 2.17. The van der Waals surface area contributed by atoms with Gasteiger partial charge in [0, 0.05) is 11.6 Å². The number of aliphatic hydroxyl groups is 1. The summed E-state index contributed by atoms with van der Waals surface area (Å²) in [4.78, 5) is 2.30. The van der Waals surface area contributed by atoms with Crippen LogP contribution < -0.4 is 4.74 Å². The van der Waals surface area contributed by atoms with Gasteiger partial charge in [-0.1, -0.05) is 12.6 Å². The Labute approximate surface area is 130 Å². The van der Waals surface area contributed by atoms with Gasteiger partial charge in [0.2, 0.25) is 0 Å². The van der Waals surface area contributed by atoms with Crippen LogP contribution in [-0.2, 0) is 11.8 Å². The highest BCUT2D eigenvalue weighted by Crippen LogP contribution is 2.65. The van der Waals surface area contributed by atoms with Gasteiger partial charge in [-0.05, 0) is 56.5 Å². The van der Waals surface area contributed by atoms with Crippen LogP contribution in [0.15, 0.2) is 24.3 Å². The zero-order valence-corrected chi connectivity index (χ0v) is 12.8. The number of nitrogens with zero attached hydrogens (tertiary/aromatic N) is 1. The standard InChI is InChI=1S/C18H21NO3/c1-10-5-6-18(21)13-9-11-3-4-12(20)15-14(11)17(18,16(10)22-15)7-8-19(13)2/h3-4,13,16,20-21H,1,5-9H2,2H3/t13-,16?,17+,18-/m1/s1. The zero-order valence-electron chi connectivity index (χ0n) is 12.8. The molecule has 116 valence electrons. The molecule has 2 N–H and O–H groups in total. The van der Waals surface area contributed by atoms with Crippen LogP contribution in [0.5, 0.6) is 11.5 Å². The highest BCUT2D eigenvalue weighted by molar-refractivity contribution is 5.63. The number of likely N-dealkylation sites (tertiary alicyclic amines) is 1. The molecule has 4 nitrogen and oxygen atoms in total. The van der Waals surface area contributed by atoms with Gasteiger partial charge >= 0.3 is 0 Å². The Balaban J connectivity index is 1.88. The van der Waals surface area contributed by atoms with Gasteiger partial charge in [-0.15, -0.1) is 0 Å². The number of hydrogen-bond donors (Lipinski definition) is 2. The van der Waals surface area contributed by atoms with Crippen molar-refractivity contribution in [3.8, 4) is 11.5 Å². The lowest BCUT2D eigenvalue weighted by Crippen LogP contribution is -2.74. The van der Waals surface area contributed by atoms with Crippen molar-refractivity contribution in [1.82, 2.24) is 4.90 Å². The summed E-state index contributed by atoms with van der Waals surface area (Å²) in [5.41, 5.74) is 2.10. The molecule has 4 heteroatoms. The van der Waals surface area contributed by atoms with Crippen molar-refractivity contribution >= 4 is 0 Å². The van der Waals surface area contributed by atoms with Crippen LogP contribution in [-0.4, -0.2) is 46.5 Å². The van der Waals surface area contributed by atoms with E-state index in [4.69, 9.17) is 4.74 Å². The fraction of sp³-hybridized carbons (Fsp3) is 0.556. The molecular formula is C18H21NO3. The molecule has 2 aliphatic heterocycles. The van der Waals surface area contributed by atoms with Crippen LogP contribution >= 0.6 is 0 Å². The lowest BCUT2D eigenvalue weighted by Gasteiger charge is -2.62. The molecule has 22 heavy (non-hydrogen) atoms. The van der Waals surface area contributed by atoms with E-state index >= 15 is 0 Å². The normalized spacial score (nSPS) is 42.0. The minimum absolute atomic E-state index is 0.114. The number of piperidine rings is 1. The number of phenols is 1. The third-order valence-corrected chi connectivity index (χ3v) is 6.68. The number of likely N-dealkylation sites (N-methyl/N-ethyl adjacent to an activating group) is 1. The average molecular weight is 299 g/mol. The van der Waals surface area contributed by atoms with E-state index in [1.54, 1.807) is 6.07 Å². The molecule has 1 spiro atoms. The molecule has 0 radical (unpaired) electrons. The number of hydrogen-bond acceptors (Lipinski definition) is 4. The topological polar surface area (TPSA) is 52.9 Å². The van der Waals surface area contributed by atoms with Gasteiger partial charge in [-0.2, -0.15) is 0 Å². The Hall–Kier alpha value is -1.52. The largest absolute Gasteiger partial charge is 0.504 e. The third-order valence-electron chi connectivity index (χ3n) is 6.68. The van der Waals surface area contributed by atoms with E-state index in [1.807, 2.05) is 6.07 Å². The Morgan fingerprint density at radius 3 is 3.00 bits per heavy atom. The number of benzene rings is 1. The number of aromatic hydroxyl groups is 1.